The Labute approximate surface area is 97.0 Å². The summed E-state index contributed by atoms with van der Waals surface area (Å²) in [5.74, 6) is 0. The van der Waals surface area contributed by atoms with E-state index in [1.807, 2.05) is 38.1 Å². The van der Waals surface area contributed by atoms with Crippen LogP contribution in [0, 0.1) is 6.92 Å². The number of benzene rings is 1. The fourth-order valence-corrected chi connectivity index (χ4v) is 1.42. The summed E-state index contributed by atoms with van der Waals surface area (Å²) < 4.78 is 10.4. The summed E-state index contributed by atoms with van der Waals surface area (Å²) >= 11 is 0. The fraction of sp³-hybridized carbons (Fsp3) is 0.538. The molecule has 1 aromatic carbocycles. The van der Waals surface area contributed by atoms with Crippen molar-refractivity contribution < 1.29 is 14.6 Å². The van der Waals surface area contributed by atoms with Gasteiger partial charge in [0.15, 0.2) is 0 Å². The Morgan fingerprint density at radius 3 is 2.38 bits per heavy atom. The zero-order valence-corrected chi connectivity index (χ0v) is 10.1. The normalized spacial score (nSPS) is 14.8. The Balaban J connectivity index is 2.40. The summed E-state index contributed by atoms with van der Waals surface area (Å²) in [4.78, 5) is 0. The topological polar surface area (TPSA) is 38.7 Å². The lowest BCUT2D eigenvalue weighted by molar-refractivity contribution is -0.0325. The number of hydrogen-bond donors (Lipinski definition) is 1. The van der Waals surface area contributed by atoms with E-state index in [4.69, 9.17) is 9.47 Å². The summed E-state index contributed by atoms with van der Waals surface area (Å²) in [6.45, 7) is 4.78. The number of ether oxygens (including phenoxy) is 2. The van der Waals surface area contributed by atoms with Crippen LogP contribution in [0.4, 0.5) is 0 Å². The summed E-state index contributed by atoms with van der Waals surface area (Å²) in [5, 5.41) is 9.86. The molecule has 0 aliphatic heterocycles. The van der Waals surface area contributed by atoms with Gasteiger partial charge in [-0.3, -0.25) is 0 Å². The van der Waals surface area contributed by atoms with Gasteiger partial charge in [-0.2, -0.15) is 0 Å². The van der Waals surface area contributed by atoms with E-state index in [9.17, 15) is 5.11 Å². The van der Waals surface area contributed by atoms with Crippen LogP contribution in [0.1, 0.15) is 24.2 Å². The van der Waals surface area contributed by atoms with Gasteiger partial charge in [-0.1, -0.05) is 29.8 Å². The number of aliphatic hydroxyl groups is 1. The van der Waals surface area contributed by atoms with E-state index in [-0.39, 0.29) is 6.10 Å². The molecule has 0 radical (unpaired) electrons. The lowest BCUT2D eigenvalue weighted by Crippen LogP contribution is -2.18. The highest BCUT2D eigenvalue weighted by atomic mass is 16.5. The first-order valence-corrected chi connectivity index (χ1v) is 5.48. The van der Waals surface area contributed by atoms with Crippen molar-refractivity contribution in [2.75, 3.05) is 20.3 Å². The van der Waals surface area contributed by atoms with E-state index < -0.39 is 6.10 Å². The van der Waals surface area contributed by atoms with E-state index >= 15 is 0 Å². The third-order valence-electron chi connectivity index (χ3n) is 2.40. The summed E-state index contributed by atoms with van der Waals surface area (Å²) in [5.41, 5.74) is 2.07. The first-order valence-electron chi connectivity index (χ1n) is 5.48. The van der Waals surface area contributed by atoms with E-state index in [1.54, 1.807) is 7.11 Å². The van der Waals surface area contributed by atoms with Crippen LogP contribution in [-0.2, 0) is 9.47 Å². The molecular weight excluding hydrogens is 204 g/mol. The zero-order valence-electron chi connectivity index (χ0n) is 10.1. The van der Waals surface area contributed by atoms with Crippen molar-refractivity contribution in [3.05, 3.63) is 35.4 Å². The van der Waals surface area contributed by atoms with Gasteiger partial charge in [0.1, 0.15) is 6.10 Å². The molecular formula is C13H20O3. The van der Waals surface area contributed by atoms with Gasteiger partial charge in [0.05, 0.1) is 19.3 Å². The molecule has 3 nitrogen and oxygen atoms in total. The molecule has 2 atom stereocenters. The van der Waals surface area contributed by atoms with Crippen molar-refractivity contribution in [1.82, 2.24) is 0 Å². The second kappa shape index (κ2) is 6.63. The van der Waals surface area contributed by atoms with Gasteiger partial charge in [0.2, 0.25) is 0 Å². The predicted octanol–water partition coefficient (Wildman–Crippen LogP) is 2.08. The third kappa shape index (κ3) is 4.31. The zero-order chi connectivity index (χ0) is 12.0. The van der Waals surface area contributed by atoms with Gasteiger partial charge in [-0.25, -0.2) is 0 Å². The van der Waals surface area contributed by atoms with Gasteiger partial charge in [0, 0.05) is 7.11 Å². The minimum Gasteiger partial charge on any atom is -0.386 e. The SMILES string of the molecule is COCC(C)OCC(O)c1ccc(C)cc1. The van der Waals surface area contributed by atoms with Crippen molar-refractivity contribution in [1.29, 1.82) is 0 Å². The van der Waals surface area contributed by atoms with E-state index in [0.717, 1.165) is 5.56 Å². The Bertz CT molecular complexity index is 295. The van der Waals surface area contributed by atoms with Crippen LogP contribution in [0.5, 0.6) is 0 Å². The lowest BCUT2D eigenvalue weighted by Gasteiger charge is -2.16. The highest BCUT2D eigenvalue weighted by Gasteiger charge is 2.09. The first kappa shape index (κ1) is 13.2. The maximum absolute atomic E-state index is 9.86. The molecule has 0 saturated heterocycles. The van der Waals surface area contributed by atoms with Crippen molar-refractivity contribution in [3.8, 4) is 0 Å². The Hall–Kier alpha value is -0.900. The molecule has 0 spiro atoms. The van der Waals surface area contributed by atoms with Gasteiger partial charge in [0.25, 0.3) is 0 Å². The standard InChI is InChI=1S/C13H20O3/c1-10-4-6-12(7-5-10)13(14)9-16-11(2)8-15-3/h4-7,11,13-14H,8-9H2,1-3H3. The molecule has 2 unspecified atom stereocenters. The molecule has 0 bridgehead atoms. The maximum Gasteiger partial charge on any atom is 0.102 e. The minimum atomic E-state index is -0.570. The summed E-state index contributed by atoms with van der Waals surface area (Å²) in [7, 11) is 1.64. The fourth-order valence-electron chi connectivity index (χ4n) is 1.42. The van der Waals surface area contributed by atoms with Gasteiger partial charge in [-0.15, -0.1) is 0 Å². The molecule has 0 aliphatic rings. The smallest absolute Gasteiger partial charge is 0.102 e. The average Bonchev–Trinajstić information content (AvgIpc) is 2.27. The van der Waals surface area contributed by atoms with E-state index in [1.165, 1.54) is 5.56 Å². The van der Waals surface area contributed by atoms with Gasteiger partial charge >= 0.3 is 0 Å². The molecule has 1 aromatic rings. The third-order valence-corrected chi connectivity index (χ3v) is 2.40. The molecule has 16 heavy (non-hydrogen) atoms. The highest BCUT2D eigenvalue weighted by Crippen LogP contribution is 2.14. The Morgan fingerprint density at radius 1 is 1.19 bits per heavy atom. The molecule has 3 heteroatoms. The minimum absolute atomic E-state index is 0.00472. The molecule has 0 aromatic heterocycles. The molecule has 0 fully saturated rings. The number of aliphatic hydroxyl groups excluding tert-OH is 1. The number of methoxy groups -OCH3 is 1. The van der Waals surface area contributed by atoms with E-state index in [0.29, 0.717) is 13.2 Å². The van der Waals surface area contributed by atoms with Crippen molar-refractivity contribution in [3.63, 3.8) is 0 Å². The van der Waals surface area contributed by atoms with Crippen LogP contribution in [-0.4, -0.2) is 31.5 Å². The maximum atomic E-state index is 9.86. The quantitative estimate of drug-likeness (QED) is 0.804. The van der Waals surface area contributed by atoms with Crippen LogP contribution in [0.2, 0.25) is 0 Å². The Morgan fingerprint density at radius 2 is 1.81 bits per heavy atom. The number of rotatable bonds is 6. The Kier molecular flexibility index (Phi) is 5.46. The number of aryl methyl sites for hydroxylation is 1. The molecule has 0 heterocycles. The van der Waals surface area contributed by atoms with Crippen LogP contribution in [0.15, 0.2) is 24.3 Å². The number of hydrogen-bond acceptors (Lipinski definition) is 3. The van der Waals surface area contributed by atoms with Crippen LogP contribution in [0.25, 0.3) is 0 Å². The van der Waals surface area contributed by atoms with E-state index in [2.05, 4.69) is 0 Å². The largest absolute Gasteiger partial charge is 0.386 e. The van der Waals surface area contributed by atoms with Crippen LogP contribution in [0.3, 0.4) is 0 Å². The molecule has 90 valence electrons. The van der Waals surface area contributed by atoms with Crippen molar-refractivity contribution >= 4 is 0 Å². The second-order valence-electron chi connectivity index (χ2n) is 4.03. The monoisotopic (exact) mass is 224 g/mol. The average molecular weight is 224 g/mol. The summed E-state index contributed by atoms with van der Waals surface area (Å²) in [6, 6.07) is 7.81. The molecule has 0 aliphatic carbocycles. The molecule has 0 saturated carbocycles. The van der Waals surface area contributed by atoms with Crippen LogP contribution >= 0.6 is 0 Å². The molecule has 0 amide bonds. The van der Waals surface area contributed by atoms with Gasteiger partial charge < -0.3 is 14.6 Å². The van der Waals surface area contributed by atoms with Crippen LogP contribution < -0.4 is 0 Å². The van der Waals surface area contributed by atoms with Crippen molar-refractivity contribution in [2.24, 2.45) is 0 Å². The highest BCUT2D eigenvalue weighted by molar-refractivity contribution is 5.23. The summed E-state index contributed by atoms with van der Waals surface area (Å²) in [6.07, 6.45) is -0.565. The predicted molar refractivity (Wildman–Crippen MR) is 63.4 cm³/mol. The molecule has 1 N–H and O–H groups in total. The van der Waals surface area contributed by atoms with Crippen molar-refractivity contribution in [2.45, 2.75) is 26.1 Å². The van der Waals surface area contributed by atoms with Gasteiger partial charge in [-0.05, 0) is 19.4 Å². The molecule has 1 rings (SSSR count). The second-order valence-corrected chi connectivity index (χ2v) is 4.03. The lowest BCUT2D eigenvalue weighted by atomic mass is 10.1. The first-order chi connectivity index (χ1) is 7.63.